The summed E-state index contributed by atoms with van der Waals surface area (Å²) in [5.41, 5.74) is 0.782. The Morgan fingerprint density at radius 3 is 2.14 bits per heavy atom. The minimum absolute atomic E-state index is 0.0104. The van der Waals surface area contributed by atoms with Crippen LogP contribution < -0.4 is 10.6 Å². The van der Waals surface area contributed by atoms with E-state index < -0.39 is 5.91 Å². The molecule has 120 valence electrons. The molecular formula is C16H21BrN2O3. The Hall–Kier alpha value is -1.69. The molecule has 0 aliphatic carbocycles. The van der Waals surface area contributed by atoms with Crippen molar-refractivity contribution in [1.82, 2.24) is 5.32 Å². The highest BCUT2D eigenvalue weighted by Crippen LogP contribution is 2.14. The van der Waals surface area contributed by atoms with E-state index in [-0.39, 0.29) is 18.1 Å². The van der Waals surface area contributed by atoms with Crippen molar-refractivity contribution >= 4 is 39.2 Å². The number of likely N-dealkylation sites (N-methyl/N-ethyl adjacent to an activating group) is 1. The Balaban J connectivity index is 2.09. The number of hydrogen-bond donors (Lipinski definition) is 2. The molecule has 6 heteroatoms. The van der Waals surface area contributed by atoms with Crippen LogP contribution in [-0.2, 0) is 14.4 Å². The molecule has 0 radical (unpaired) electrons. The summed E-state index contributed by atoms with van der Waals surface area (Å²) < 4.78 is 0.969. The molecule has 0 spiro atoms. The second kappa shape index (κ2) is 10.1. The molecule has 0 bridgehead atoms. The quantitative estimate of drug-likeness (QED) is 0.519. The van der Waals surface area contributed by atoms with Gasteiger partial charge < -0.3 is 10.6 Å². The Morgan fingerprint density at radius 2 is 1.55 bits per heavy atom. The van der Waals surface area contributed by atoms with Crippen molar-refractivity contribution in [3.63, 3.8) is 0 Å². The number of rotatable bonds is 9. The summed E-state index contributed by atoms with van der Waals surface area (Å²) in [6, 6.07) is 7.43. The second-order valence-corrected chi connectivity index (χ2v) is 5.89. The molecule has 2 N–H and O–H groups in total. The first-order valence-electron chi connectivity index (χ1n) is 7.33. The van der Waals surface area contributed by atoms with E-state index in [4.69, 9.17) is 0 Å². The zero-order valence-electron chi connectivity index (χ0n) is 12.7. The Labute approximate surface area is 139 Å². The summed E-state index contributed by atoms with van der Waals surface area (Å²) in [5, 5.41) is 5.15. The van der Waals surface area contributed by atoms with E-state index in [9.17, 15) is 14.4 Å². The van der Waals surface area contributed by atoms with Gasteiger partial charge in [-0.2, -0.15) is 0 Å². The van der Waals surface area contributed by atoms with Gasteiger partial charge in [0.25, 0.3) is 5.91 Å². The predicted molar refractivity (Wildman–Crippen MR) is 89.5 cm³/mol. The first-order chi connectivity index (χ1) is 10.5. The fourth-order valence-corrected chi connectivity index (χ4v) is 2.20. The van der Waals surface area contributed by atoms with Crippen LogP contribution in [0.4, 0.5) is 5.69 Å². The van der Waals surface area contributed by atoms with Crippen molar-refractivity contribution in [2.75, 3.05) is 12.4 Å². The van der Waals surface area contributed by atoms with Gasteiger partial charge in [0.2, 0.25) is 11.7 Å². The molecule has 22 heavy (non-hydrogen) atoms. The minimum atomic E-state index is -0.533. The summed E-state index contributed by atoms with van der Waals surface area (Å²) in [4.78, 5) is 34.0. The van der Waals surface area contributed by atoms with Crippen molar-refractivity contribution < 1.29 is 14.4 Å². The second-order valence-electron chi connectivity index (χ2n) is 4.97. The molecule has 5 nitrogen and oxygen atoms in total. The van der Waals surface area contributed by atoms with E-state index in [1.807, 2.05) is 24.3 Å². The van der Waals surface area contributed by atoms with Crippen molar-refractivity contribution in [2.24, 2.45) is 0 Å². The third-order valence-electron chi connectivity index (χ3n) is 3.17. The van der Waals surface area contributed by atoms with Crippen molar-refractivity contribution in [2.45, 2.75) is 38.5 Å². The largest absolute Gasteiger partial charge is 0.353 e. The number of unbranched alkanes of at least 4 members (excludes halogenated alkanes) is 3. The molecule has 0 fully saturated rings. The first-order valence-corrected chi connectivity index (χ1v) is 8.12. The standard InChI is InChI=1S/C16H21BrN2O3/c1-18-16(22)14(20)6-4-2-3-5-7-15(21)19-13-10-8-12(17)9-11-13/h8-11H,2-7H2,1H3,(H,18,22)(H,19,21). The number of carbonyl (C=O) groups excluding carboxylic acids is 3. The zero-order valence-corrected chi connectivity index (χ0v) is 14.2. The van der Waals surface area contributed by atoms with E-state index in [0.717, 1.165) is 29.4 Å². The van der Waals surface area contributed by atoms with E-state index in [2.05, 4.69) is 26.6 Å². The number of amides is 2. The number of benzene rings is 1. The molecule has 1 aromatic carbocycles. The highest BCUT2D eigenvalue weighted by molar-refractivity contribution is 9.10. The smallest absolute Gasteiger partial charge is 0.287 e. The number of hydrogen-bond acceptors (Lipinski definition) is 3. The summed E-state index contributed by atoms with van der Waals surface area (Å²) in [6.45, 7) is 0. The van der Waals surface area contributed by atoms with Gasteiger partial charge in [-0.1, -0.05) is 28.8 Å². The van der Waals surface area contributed by atoms with Gasteiger partial charge in [0.1, 0.15) is 0 Å². The maximum atomic E-state index is 11.7. The fourth-order valence-electron chi connectivity index (χ4n) is 1.93. The van der Waals surface area contributed by atoms with E-state index in [0.29, 0.717) is 12.8 Å². The molecule has 0 atom stereocenters. The van der Waals surface area contributed by atoms with Crippen molar-refractivity contribution in [1.29, 1.82) is 0 Å². The third-order valence-corrected chi connectivity index (χ3v) is 3.69. The van der Waals surface area contributed by atoms with Crippen LogP contribution in [0.5, 0.6) is 0 Å². The number of halogens is 1. The summed E-state index contributed by atoms with van der Waals surface area (Å²) in [5.74, 6) is -0.923. The lowest BCUT2D eigenvalue weighted by atomic mass is 10.1. The van der Waals surface area contributed by atoms with Crippen LogP contribution in [0.3, 0.4) is 0 Å². The topological polar surface area (TPSA) is 75.3 Å². The SMILES string of the molecule is CNC(=O)C(=O)CCCCCCC(=O)Nc1ccc(Br)cc1. The third kappa shape index (κ3) is 7.36. The minimum Gasteiger partial charge on any atom is -0.353 e. The molecule has 0 unspecified atom stereocenters. The van der Waals surface area contributed by atoms with E-state index in [1.165, 1.54) is 7.05 Å². The molecule has 1 rings (SSSR count). The van der Waals surface area contributed by atoms with E-state index >= 15 is 0 Å². The molecule has 0 aliphatic heterocycles. The van der Waals surface area contributed by atoms with Gasteiger partial charge >= 0.3 is 0 Å². The van der Waals surface area contributed by atoms with Gasteiger partial charge in [0, 0.05) is 30.0 Å². The number of carbonyl (C=O) groups is 3. The predicted octanol–water partition coefficient (Wildman–Crippen LogP) is 3.04. The van der Waals surface area contributed by atoms with Crippen LogP contribution in [0, 0.1) is 0 Å². The van der Waals surface area contributed by atoms with Gasteiger partial charge in [-0.25, -0.2) is 0 Å². The fraction of sp³-hybridized carbons (Fsp3) is 0.438. The number of nitrogens with one attached hydrogen (secondary N) is 2. The molecular weight excluding hydrogens is 348 g/mol. The van der Waals surface area contributed by atoms with Crippen molar-refractivity contribution in [3.8, 4) is 0 Å². The molecule has 1 aromatic rings. The van der Waals surface area contributed by atoms with Crippen LogP contribution in [0.25, 0.3) is 0 Å². The summed E-state index contributed by atoms with van der Waals surface area (Å²) >= 11 is 3.34. The van der Waals surface area contributed by atoms with Gasteiger partial charge in [0.05, 0.1) is 0 Å². The lowest BCUT2D eigenvalue weighted by Gasteiger charge is -2.05. The normalized spacial score (nSPS) is 10.1. The van der Waals surface area contributed by atoms with Crippen LogP contribution in [0.2, 0.25) is 0 Å². The van der Waals surface area contributed by atoms with Gasteiger partial charge in [-0.3, -0.25) is 14.4 Å². The maximum Gasteiger partial charge on any atom is 0.287 e. The van der Waals surface area contributed by atoms with Crippen LogP contribution in [0.1, 0.15) is 38.5 Å². The molecule has 0 saturated heterocycles. The van der Waals surface area contributed by atoms with Crippen LogP contribution in [0.15, 0.2) is 28.7 Å². The molecule has 0 heterocycles. The Kier molecular flexibility index (Phi) is 8.43. The van der Waals surface area contributed by atoms with Crippen LogP contribution >= 0.6 is 15.9 Å². The Bertz CT molecular complexity index is 515. The number of ketones is 1. The molecule has 2 amide bonds. The first kappa shape index (κ1) is 18.4. The average molecular weight is 369 g/mol. The lowest BCUT2D eigenvalue weighted by molar-refractivity contribution is -0.137. The lowest BCUT2D eigenvalue weighted by Crippen LogP contribution is -2.27. The average Bonchev–Trinajstić information content (AvgIpc) is 2.51. The van der Waals surface area contributed by atoms with E-state index in [1.54, 1.807) is 0 Å². The molecule has 0 aliphatic rings. The summed E-state index contributed by atoms with van der Waals surface area (Å²) in [6.07, 6.45) is 3.89. The Morgan fingerprint density at radius 1 is 0.955 bits per heavy atom. The van der Waals surface area contributed by atoms with Crippen molar-refractivity contribution in [3.05, 3.63) is 28.7 Å². The summed E-state index contributed by atoms with van der Waals surface area (Å²) in [7, 11) is 1.45. The molecule has 0 aromatic heterocycles. The number of anilines is 1. The van der Waals surface area contributed by atoms with Gasteiger partial charge in [-0.05, 0) is 37.1 Å². The monoisotopic (exact) mass is 368 g/mol. The van der Waals surface area contributed by atoms with Gasteiger partial charge in [0.15, 0.2) is 0 Å². The maximum absolute atomic E-state index is 11.7. The van der Waals surface area contributed by atoms with Gasteiger partial charge in [-0.15, -0.1) is 0 Å². The highest BCUT2D eigenvalue weighted by atomic mass is 79.9. The molecule has 0 saturated carbocycles. The van der Waals surface area contributed by atoms with Crippen LogP contribution in [-0.4, -0.2) is 24.6 Å². The highest BCUT2D eigenvalue weighted by Gasteiger charge is 2.10. The number of Topliss-reactive ketones (excluding diaryl/α,β-unsaturated/α-hetero) is 1. The zero-order chi connectivity index (χ0) is 16.4.